The van der Waals surface area contributed by atoms with E-state index in [-0.39, 0.29) is 0 Å². The van der Waals surface area contributed by atoms with Gasteiger partial charge in [-0.15, -0.1) is 5.10 Å². The molecular formula is C12H18N6O. The predicted octanol–water partition coefficient (Wildman–Crippen LogP) is 0.872. The molecule has 2 N–H and O–H groups in total. The van der Waals surface area contributed by atoms with E-state index >= 15 is 0 Å². The van der Waals surface area contributed by atoms with Crippen LogP contribution in [0, 0.1) is 5.92 Å². The molecule has 1 fully saturated rings. The minimum absolute atomic E-state index is 0.498. The fourth-order valence-corrected chi connectivity index (χ4v) is 2.84. The van der Waals surface area contributed by atoms with Crippen molar-refractivity contribution in [1.82, 2.24) is 25.0 Å². The Morgan fingerprint density at radius 1 is 1.53 bits per heavy atom. The molecule has 1 aliphatic carbocycles. The minimum atomic E-state index is -0.645. The largest absolute Gasteiger partial charge is 0.388 e. The van der Waals surface area contributed by atoms with Crippen LogP contribution in [0.3, 0.4) is 0 Å². The maximum absolute atomic E-state index is 10.6. The van der Waals surface area contributed by atoms with E-state index in [1.165, 1.54) is 6.42 Å². The van der Waals surface area contributed by atoms with Crippen LogP contribution in [0.5, 0.6) is 0 Å². The number of tetrazole rings is 1. The van der Waals surface area contributed by atoms with E-state index in [4.69, 9.17) is 0 Å². The fraction of sp³-hybridized carbons (Fsp3) is 0.667. The number of nitrogens with zero attached hydrogens (tertiary/aromatic N) is 5. The number of hydrogen-bond acceptors (Lipinski definition) is 6. The summed E-state index contributed by atoms with van der Waals surface area (Å²) in [7, 11) is 0. The molecule has 1 saturated carbocycles. The molecular weight excluding hydrogens is 244 g/mol. The Morgan fingerprint density at radius 3 is 3.26 bits per heavy atom. The molecule has 2 aromatic rings. The molecule has 0 bridgehead atoms. The molecule has 102 valence electrons. The number of fused-ring (bicyclic) bond motifs is 1. The highest BCUT2D eigenvalue weighted by atomic mass is 16.3. The lowest BCUT2D eigenvalue weighted by molar-refractivity contribution is -0.000860. The molecule has 0 aromatic carbocycles. The van der Waals surface area contributed by atoms with Gasteiger partial charge < -0.3 is 10.4 Å². The zero-order valence-electron chi connectivity index (χ0n) is 11.0. The summed E-state index contributed by atoms with van der Waals surface area (Å²) in [5.41, 5.74) is -0.0533. The average Bonchev–Trinajstić information content (AvgIpc) is 2.85. The molecule has 0 spiro atoms. The first-order chi connectivity index (χ1) is 9.16. The first-order valence-electron chi connectivity index (χ1n) is 6.65. The van der Waals surface area contributed by atoms with E-state index in [0.717, 1.165) is 19.3 Å². The Bertz CT molecular complexity index is 570. The van der Waals surface area contributed by atoms with Gasteiger partial charge in [0.15, 0.2) is 11.5 Å². The van der Waals surface area contributed by atoms with Crippen molar-refractivity contribution in [3.8, 4) is 0 Å². The van der Waals surface area contributed by atoms with Crippen LogP contribution >= 0.6 is 0 Å². The maximum Gasteiger partial charge on any atom is 0.199 e. The molecule has 2 heterocycles. The van der Waals surface area contributed by atoms with Crippen LogP contribution < -0.4 is 5.32 Å². The summed E-state index contributed by atoms with van der Waals surface area (Å²) in [5.74, 6) is 1.27. The molecule has 2 unspecified atom stereocenters. The lowest BCUT2D eigenvalue weighted by Crippen LogP contribution is -2.41. The van der Waals surface area contributed by atoms with Crippen LogP contribution in [0.15, 0.2) is 12.4 Å². The molecule has 3 rings (SSSR count). The van der Waals surface area contributed by atoms with Crippen LogP contribution in [0.2, 0.25) is 0 Å². The van der Waals surface area contributed by atoms with Gasteiger partial charge in [0.25, 0.3) is 0 Å². The van der Waals surface area contributed by atoms with Crippen LogP contribution in [-0.2, 0) is 0 Å². The molecule has 0 radical (unpaired) electrons. The second-order valence-corrected chi connectivity index (χ2v) is 5.52. The Morgan fingerprint density at radius 2 is 2.42 bits per heavy atom. The smallest absolute Gasteiger partial charge is 0.199 e. The number of aliphatic hydroxyl groups is 1. The Hall–Kier alpha value is -1.76. The normalized spacial score (nSPS) is 27.6. The zero-order valence-corrected chi connectivity index (χ0v) is 11.0. The molecule has 1 aliphatic rings. The van der Waals surface area contributed by atoms with E-state index in [0.29, 0.717) is 23.9 Å². The van der Waals surface area contributed by atoms with Gasteiger partial charge in [0.2, 0.25) is 0 Å². The van der Waals surface area contributed by atoms with E-state index in [2.05, 4.69) is 32.7 Å². The molecule has 0 aliphatic heterocycles. The topological polar surface area (TPSA) is 88.2 Å². The van der Waals surface area contributed by atoms with Crippen molar-refractivity contribution in [2.45, 2.75) is 38.2 Å². The number of rotatable bonds is 3. The second-order valence-electron chi connectivity index (χ2n) is 5.52. The third kappa shape index (κ3) is 2.51. The highest BCUT2D eigenvalue weighted by molar-refractivity contribution is 5.43. The van der Waals surface area contributed by atoms with Gasteiger partial charge in [-0.1, -0.05) is 19.8 Å². The van der Waals surface area contributed by atoms with Crippen molar-refractivity contribution in [2.24, 2.45) is 5.92 Å². The van der Waals surface area contributed by atoms with Crippen molar-refractivity contribution in [3.05, 3.63) is 12.4 Å². The van der Waals surface area contributed by atoms with Crippen LogP contribution in [0.1, 0.15) is 32.6 Å². The predicted molar refractivity (Wildman–Crippen MR) is 69.6 cm³/mol. The summed E-state index contributed by atoms with van der Waals surface area (Å²) < 4.78 is 1.59. The van der Waals surface area contributed by atoms with Gasteiger partial charge in [-0.05, 0) is 29.2 Å². The van der Waals surface area contributed by atoms with Crippen LogP contribution in [-0.4, -0.2) is 42.3 Å². The van der Waals surface area contributed by atoms with Gasteiger partial charge in [0.05, 0.1) is 18.0 Å². The van der Waals surface area contributed by atoms with Crippen molar-refractivity contribution >= 4 is 11.5 Å². The van der Waals surface area contributed by atoms with Gasteiger partial charge in [-0.25, -0.2) is 0 Å². The first kappa shape index (κ1) is 12.3. The lowest BCUT2D eigenvalue weighted by Gasteiger charge is -2.35. The molecule has 7 heteroatoms. The fourth-order valence-electron chi connectivity index (χ4n) is 2.84. The van der Waals surface area contributed by atoms with Crippen molar-refractivity contribution < 1.29 is 5.11 Å². The number of aromatic nitrogens is 5. The van der Waals surface area contributed by atoms with E-state index in [1.54, 1.807) is 16.9 Å². The summed E-state index contributed by atoms with van der Waals surface area (Å²) in [6, 6.07) is 0. The van der Waals surface area contributed by atoms with Crippen LogP contribution in [0.25, 0.3) is 5.65 Å². The van der Waals surface area contributed by atoms with E-state index < -0.39 is 5.60 Å². The van der Waals surface area contributed by atoms with E-state index in [1.807, 2.05) is 0 Å². The maximum atomic E-state index is 10.6. The molecule has 19 heavy (non-hydrogen) atoms. The zero-order chi connectivity index (χ0) is 13.3. The van der Waals surface area contributed by atoms with E-state index in [9.17, 15) is 5.11 Å². The van der Waals surface area contributed by atoms with Gasteiger partial charge in [-0.3, -0.25) is 4.98 Å². The molecule has 2 aromatic heterocycles. The van der Waals surface area contributed by atoms with Crippen molar-refractivity contribution in [1.29, 1.82) is 0 Å². The van der Waals surface area contributed by atoms with Gasteiger partial charge in [-0.2, -0.15) is 4.52 Å². The third-order valence-corrected chi connectivity index (χ3v) is 3.77. The monoisotopic (exact) mass is 262 g/mol. The lowest BCUT2D eigenvalue weighted by atomic mass is 9.79. The third-order valence-electron chi connectivity index (χ3n) is 3.77. The Labute approximate surface area is 111 Å². The minimum Gasteiger partial charge on any atom is -0.388 e. The highest BCUT2D eigenvalue weighted by Gasteiger charge is 2.32. The quantitative estimate of drug-likeness (QED) is 0.853. The average molecular weight is 262 g/mol. The Balaban J connectivity index is 1.73. The molecule has 2 atom stereocenters. The molecule has 0 amide bonds. The highest BCUT2D eigenvalue weighted by Crippen LogP contribution is 2.32. The Kier molecular flexibility index (Phi) is 3.06. The summed E-state index contributed by atoms with van der Waals surface area (Å²) in [6.45, 7) is 2.69. The number of hydrogen-bond donors (Lipinski definition) is 2. The molecule has 7 nitrogen and oxygen atoms in total. The number of anilines is 1. The summed E-state index contributed by atoms with van der Waals surface area (Å²) in [5, 5.41) is 25.1. The SMILES string of the molecule is CC1CCCC(O)(CNc2cncc3nnnn23)C1. The van der Waals surface area contributed by atoms with Gasteiger partial charge in [0.1, 0.15) is 0 Å². The second kappa shape index (κ2) is 4.73. The number of nitrogens with one attached hydrogen (secondary N) is 1. The van der Waals surface area contributed by atoms with Crippen LogP contribution in [0.4, 0.5) is 5.82 Å². The summed E-state index contributed by atoms with van der Waals surface area (Å²) in [6.07, 6.45) is 7.21. The van der Waals surface area contributed by atoms with Crippen molar-refractivity contribution in [3.63, 3.8) is 0 Å². The standard InChI is InChI=1S/C12H18N6O/c1-9-3-2-4-12(19,5-9)8-14-10-6-13-7-11-15-16-17-18(10)11/h6-7,9,14,19H,2-5,8H2,1H3. The summed E-state index contributed by atoms with van der Waals surface area (Å²) in [4.78, 5) is 4.08. The van der Waals surface area contributed by atoms with Gasteiger partial charge in [0, 0.05) is 6.54 Å². The van der Waals surface area contributed by atoms with Gasteiger partial charge >= 0.3 is 0 Å². The molecule has 0 saturated heterocycles. The first-order valence-corrected chi connectivity index (χ1v) is 6.65. The summed E-state index contributed by atoms with van der Waals surface area (Å²) >= 11 is 0. The van der Waals surface area contributed by atoms with Crippen molar-refractivity contribution in [2.75, 3.05) is 11.9 Å².